The third-order valence-corrected chi connectivity index (χ3v) is 4.10. The smallest absolute Gasteiger partial charge is 0.232 e. The lowest BCUT2D eigenvalue weighted by Gasteiger charge is -2.33. The van der Waals surface area contributed by atoms with Crippen LogP contribution in [0.5, 0.6) is 0 Å². The fourth-order valence-electron chi connectivity index (χ4n) is 2.61. The average molecular weight is 251 g/mol. The number of piperidine rings is 1. The lowest BCUT2D eigenvalue weighted by atomic mass is 9.76. The molecule has 0 bridgehead atoms. The van der Waals surface area contributed by atoms with Crippen molar-refractivity contribution in [2.75, 3.05) is 13.1 Å². The summed E-state index contributed by atoms with van der Waals surface area (Å²) in [4.78, 5) is 4.64. The maximum Gasteiger partial charge on any atom is 0.232 e. The minimum absolute atomic E-state index is 0.119. The second kappa shape index (κ2) is 5.83. The maximum atomic E-state index is 5.54. The molecule has 2 heterocycles. The van der Waals surface area contributed by atoms with Gasteiger partial charge in [-0.15, -0.1) is 0 Å². The van der Waals surface area contributed by atoms with Crippen LogP contribution in [0.25, 0.3) is 0 Å². The zero-order chi connectivity index (χ0) is 13.0. The van der Waals surface area contributed by atoms with E-state index in [4.69, 9.17) is 4.52 Å². The number of hydrogen-bond acceptors (Lipinski definition) is 4. The van der Waals surface area contributed by atoms with Gasteiger partial charge in [-0.25, -0.2) is 0 Å². The molecule has 102 valence electrons. The van der Waals surface area contributed by atoms with Crippen LogP contribution < -0.4 is 5.32 Å². The highest BCUT2D eigenvalue weighted by atomic mass is 16.5. The first-order chi connectivity index (χ1) is 8.66. The molecule has 0 unspecified atom stereocenters. The Morgan fingerprint density at radius 3 is 2.67 bits per heavy atom. The Balaban J connectivity index is 2.07. The number of nitrogens with zero attached hydrogens (tertiary/aromatic N) is 2. The largest absolute Gasteiger partial charge is 0.339 e. The third kappa shape index (κ3) is 2.91. The van der Waals surface area contributed by atoms with Gasteiger partial charge in [0.05, 0.1) is 5.41 Å². The van der Waals surface area contributed by atoms with Crippen LogP contribution in [0.1, 0.15) is 58.2 Å². The number of aryl methyl sites for hydroxylation is 1. The van der Waals surface area contributed by atoms with Gasteiger partial charge < -0.3 is 9.84 Å². The van der Waals surface area contributed by atoms with Gasteiger partial charge in [0.25, 0.3) is 0 Å². The first-order valence-corrected chi connectivity index (χ1v) is 7.20. The van der Waals surface area contributed by atoms with Gasteiger partial charge in [-0.1, -0.05) is 25.9 Å². The van der Waals surface area contributed by atoms with Gasteiger partial charge in [0, 0.05) is 6.42 Å². The number of rotatable bonds is 5. The van der Waals surface area contributed by atoms with Crippen molar-refractivity contribution in [3.05, 3.63) is 11.7 Å². The summed E-state index contributed by atoms with van der Waals surface area (Å²) < 4.78 is 5.54. The molecule has 0 amide bonds. The van der Waals surface area contributed by atoms with E-state index in [9.17, 15) is 0 Å². The van der Waals surface area contributed by atoms with Crippen LogP contribution in [-0.2, 0) is 11.8 Å². The quantitative estimate of drug-likeness (QED) is 0.874. The average Bonchev–Trinajstić information content (AvgIpc) is 2.86. The standard InChI is InChI=1S/C14H25N3O/c1-4-14(7-9-15-10-8-14)13-16-12(17-18-13)6-5-11(2)3/h11,15H,4-10H2,1-3H3. The van der Waals surface area contributed by atoms with Crippen molar-refractivity contribution in [1.82, 2.24) is 15.5 Å². The molecule has 1 aromatic rings. The predicted molar refractivity (Wildman–Crippen MR) is 71.5 cm³/mol. The van der Waals surface area contributed by atoms with Gasteiger partial charge in [-0.2, -0.15) is 4.98 Å². The normalized spacial score (nSPS) is 19.3. The highest BCUT2D eigenvalue weighted by molar-refractivity contribution is 5.07. The van der Waals surface area contributed by atoms with Crippen molar-refractivity contribution in [2.24, 2.45) is 5.92 Å². The molecule has 0 saturated carbocycles. The first-order valence-electron chi connectivity index (χ1n) is 7.20. The van der Waals surface area contributed by atoms with Crippen LogP contribution in [0, 0.1) is 5.92 Å². The van der Waals surface area contributed by atoms with Crippen molar-refractivity contribution < 1.29 is 4.52 Å². The summed E-state index contributed by atoms with van der Waals surface area (Å²) in [5, 5.41) is 7.55. The van der Waals surface area contributed by atoms with Crippen LogP contribution in [0.15, 0.2) is 4.52 Å². The van der Waals surface area contributed by atoms with Crippen molar-refractivity contribution in [1.29, 1.82) is 0 Å². The first kappa shape index (κ1) is 13.5. The topological polar surface area (TPSA) is 51.0 Å². The van der Waals surface area contributed by atoms with Gasteiger partial charge in [0.1, 0.15) is 0 Å². The molecule has 1 aliphatic rings. The molecule has 0 aliphatic carbocycles. The highest BCUT2D eigenvalue weighted by Crippen LogP contribution is 2.35. The molecule has 0 aromatic carbocycles. The SMILES string of the molecule is CCC1(c2nc(CCC(C)C)no2)CCNCC1. The molecule has 1 N–H and O–H groups in total. The maximum absolute atomic E-state index is 5.54. The second-order valence-electron chi connectivity index (χ2n) is 5.83. The molecule has 1 aromatic heterocycles. The summed E-state index contributed by atoms with van der Waals surface area (Å²) in [6, 6.07) is 0. The summed E-state index contributed by atoms with van der Waals surface area (Å²) in [5.74, 6) is 2.43. The molecular weight excluding hydrogens is 226 g/mol. The van der Waals surface area contributed by atoms with E-state index in [1.165, 1.54) is 0 Å². The highest BCUT2D eigenvalue weighted by Gasteiger charge is 2.37. The summed E-state index contributed by atoms with van der Waals surface area (Å²) in [6.07, 6.45) is 5.35. The van der Waals surface area contributed by atoms with Crippen molar-refractivity contribution >= 4 is 0 Å². The lowest BCUT2D eigenvalue weighted by molar-refractivity contribution is 0.216. The number of hydrogen-bond donors (Lipinski definition) is 1. The van der Waals surface area contributed by atoms with Crippen molar-refractivity contribution in [3.63, 3.8) is 0 Å². The second-order valence-corrected chi connectivity index (χ2v) is 5.83. The fraction of sp³-hybridized carbons (Fsp3) is 0.857. The Morgan fingerprint density at radius 1 is 1.33 bits per heavy atom. The minimum atomic E-state index is 0.119. The van der Waals surface area contributed by atoms with Gasteiger partial charge in [0.15, 0.2) is 5.82 Å². The van der Waals surface area contributed by atoms with Crippen molar-refractivity contribution in [3.8, 4) is 0 Å². The van der Waals surface area contributed by atoms with Gasteiger partial charge in [-0.05, 0) is 44.7 Å². The van der Waals surface area contributed by atoms with E-state index in [0.717, 1.165) is 56.9 Å². The fourth-order valence-corrected chi connectivity index (χ4v) is 2.61. The van der Waals surface area contributed by atoms with Gasteiger partial charge in [0.2, 0.25) is 5.89 Å². The summed E-state index contributed by atoms with van der Waals surface area (Å²) in [5.41, 5.74) is 0.119. The number of nitrogens with one attached hydrogen (secondary N) is 1. The van der Waals surface area contributed by atoms with Crippen LogP contribution in [-0.4, -0.2) is 23.2 Å². The summed E-state index contributed by atoms with van der Waals surface area (Å²) >= 11 is 0. The van der Waals surface area contributed by atoms with E-state index < -0.39 is 0 Å². The van der Waals surface area contributed by atoms with E-state index in [-0.39, 0.29) is 5.41 Å². The zero-order valence-electron chi connectivity index (χ0n) is 11.8. The van der Waals surface area contributed by atoms with Crippen LogP contribution in [0.3, 0.4) is 0 Å². The Kier molecular flexibility index (Phi) is 4.38. The minimum Gasteiger partial charge on any atom is -0.339 e. The van der Waals surface area contributed by atoms with E-state index >= 15 is 0 Å². The van der Waals surface area contributed by atoms with Crippen LogP contribution >= 0.6 is 0 Å². The van der Waals surface area contributed by atoms with E-state index in [1.807, 2.05) is 0 Å². The van der Waals surface area contributed by atoms with Crippen LogP contribution in [0.2, 0.25) is 0 Å². The lowest BCUT2D eigenvalue weighted by Crippen LogP contribution is -2.39. The molecule has 0 radical (unpaired) electrons. The Hall–Kier alpha value is -0.900. The molecule has 2 rings (SSSR count). The third-order valence-electron chi connectivity index (χ3n) is 4.10. The molecule has 1 saturated heterocycles. The summed E-state index contributed by atoms with van der Waals surface area (Å²) in [7, 11) is 0. The Bertz CT molecular complexity index is 367. The Morgan fingerprint density at radius 2 is 2.06 bits per heavy atom. The van der Waals surface area contributed by atoms with Crippen molar-refractivity contribution in [2.45, 2.75) is 58.3 Å². The zero-order valence-corrected chi connectivity index (χ0v) is 11.8. The molecule has 0 spiro atoms. The van der Waals surface area contributed by atoms with E-state index in [1.54, 1.807) is 0 Å². The molecule has 4 heteroatoms. The predicted octanol–water partition coefficient (Wildman–Crippen LogP) is 2.69. The Labute approximate surface area is 110 Å². The van der Waals surface area contributed by atoms with E-state index in [2.05, 4.69) is 36.2 Å². The molecule has 18 heavy (non-hydrogen) atoms. The molecule has 0 atom stereocenters. The van der Waals surface area contributed by atoms with Crippen LogP contribution in [0.4, 0.5) is 0 Å². The van der Waals surface area contributed by atoms with Gasteiger partial charge in [-0.3, -0.25) is 0 Å². The van der Waals surface area contributed by atoms with E-state index in [0.29, 0.717) is 5.92 Å². The molecule has 1 aliphatic heterocycles. The molecular formula is C14H25N3O. The number of aromatic nitrogens is 2. The summed E-state index contributed by atoms with van der Waals surface area (Å²) in [6.45, 7) is 8.78. The monoisotopic (exact) mass is 251 g/mol. The molecule has 1 fully saturated rings. The van der Waals surface area contributed by atoms with Gasteiger partial charge >= 0.3 is 0 Å². The molecule has 4 nitrogen and oxygen atoms in total.